The van der Waals surface area contributed by atoms with Gasteiger partial charge in [0.05, 0.1) is 12.3 Å². The third kappa shape index (κ3) is 6.74. The van der Waals surface area contributed by atoms with E-state index in [1.165, 1.54) is 6.92 Å². The SMILES string of the molecule is CC#C[C@@]1(F)C(O)[C@@H]([C@H](C)OP(=O)(O)OP(=O)(O)OP(=O)(O)O)O[C@H]1n1ncc(N)nc1=O. The molecule has 2 rings (SSSR count). The van der Waals surface area contributed by atoms with Gasteiger partial charge in [0.1, 0.15) is 18.0 Å². The predicted octanol–water partition coefficient (Wildman–Crippen LogP) is -1.06. The van der Waals surface area contributed by atoms with E-state index in [4.69, 9.17) is 20.3 Å². The first-order valence-corrected chi connectivity index (χ1v) is 12.9. The van der Waals surface area contributed by atoms with E-state index in [9.17, 15) is 33.4 Å². The molecule has 1 aliphatic rings. The van der Waals surface area contributed by atoms with Crippen molar-refractivity contribution in [2.75, 3.05) is 5.73 Å². The summed E-state index contributed by atoms with van der Waals surface area (Å²) in [4.78, 5) is 51.3. The van der Waals surface area contributed by atoms with E-state index in [-0.39, 0.29) is 5.82 Å². The lowest BCUT2D eigenvalue weighted by atomic mass is 9.94. The van der Waals surface area contributed by atoms with Crippen LogP contribution in [0.15, 0.2) is 11.0 Å². The maximum Gasteiger partial charge on any atom is 0.490 e. The fourth-order valence-electron chi connectivity index (χ4n) is 2.73. The minimum Gasteiger partial charge on any atom is -0.386 e. The summed E-state index contributed by atoms with van der Waals surface area (Å²) in [5.41, 5.74) is 1.11. The number of phosphoric ester groups is 1. The minimum atomic E-state index is -5.82. The van der Waals surface area contributed by atoms with Gasteiger partial charge >= 0.3 is 29.2 Å². The van der Waals surface area contributed by atoms with Crippen LogP contribution in [0, 0.1) is 11.8 Å². The van der Waals surface area contributed by atoms with Crippen LogP contribution in [0.25, 0.3) is 0 Å². The van der Waals surface area contributed by atoms with Crippen LogP contribution >= 0.6 is 23.5 Å². The lowest BCUT2D eigenvalue weighted by Gasteiger charge is -2.25. The lowest BCUT2D eigenvalue weighted by Crippen LogP contribution is -2.46. The largest absolute Gasteiger partial charge is 0.490 e. The smallest absolute Gasteiger partial charge is 0.386 e. The van der Waals surface area contributed by atoms with Gasteiger partial charge in [-0.1, -0.05) is 5.92 Å². The molecule has 7 atom stereocenters. The number of anilines is 1. The Hall–Kier alpha value is -1.57. The van der Waals surface area contributed by atoms with E-state index in [1.807, 2.05) is 5.92 Å². The molecule has 1 aromatic rings. The van der Waals surface area contributed by atoms with Crippen LogP contribution in [0.3, 0.4) is 0 Å². The minimum absolute atomic E-state index is 0.307. The molecule has 1 aliphatic heterocycles. The molecule has 2 heterocycles. The Morgan fingerprint density at radius 1 is 1.27 bits per heavy atom. The molecule has 17 nitrogen and oxygen atoms in total. The number of nitrogens with two attached hydrogens (primary N) is 1. The number of nitrogens with zero attached hydrogens (tertiary/aromatic N) is 3. The first kappa shape index (κ1) is 27.7. The highest BCUT2D eigenvalue weighted by molar-refractivity contribution is 7.66. The molecule has 0 amide bonds. The van der Waals surface area contributed by atoms with E-state index in [0.29, 0.717) is 4.68 Å². The molecular weight excluding hydrogens is 520 g/mol. The molecule has 1 saturated heterocycles. The molecule has 0 bridgehead atoms. The number of rotatable bonds is 8. The van der Waals surface area contributed by atoms with Gasteiger partial charge in [0.25, 0.3) is 0 Å². The van der Waals surface area contributed by atoms with Gasteiger partial charge in [0.2, 0.25) is 11.9 Å². The van der Waals surface area contributed by atoms with Crippen LogP contribution in [-0.4, -0.2) is 63.4 Å². The second-order valence-corrected chi connectivity index (χ2v) is 10.7. The molecule has 33 heavy (non-hydrogen) atoms. The van der Waals surface area contributed by atoms with Crippen LogP contribution in [0.4, 0.5) is 10.2 Å². The number of alkyl halides is 1. The Morgan fingerprint density at radius 2 is 1.88 bits per heavy atom. The number of aliphatic hydroxyl groups is 1. The summed E-state index contributed by atoms with van der Waals surface area (Å²) in [7, 11) is -17.1. The highest BCUT2D eigenvalue weighted by Gasteiger charge is 2.60. The molecule has 21 heteroatoms. The fraction of sp³-hybridized carbons (Fsp3) is 0.583. The molecule has 0 saturated carbocycles. The number of nitrogen functional groups attached to an aromatic ring is 1. The monoisotopic (exact) mass is 538 g/mol. The Labute approximate surface area is 183 Å². The summed E-state index contributed by atoms with van der Waals surface area (Å²) in [6.07, 6.45) is -7.10. The van der Waals surface area contributed by atoms with Crippen molar-refractivity contribution in [2.45, 2.75) is 44.1 Å². The number of hydrogen-bond acceptors (Lipinski definition) is 12. The van der Waals surface area contributed by atoms with E-state index in [2.05, 4.69) is 29.1 Å². The van der Waals surface area contributed by atoms with Crippen molar-refractivity contribution in [1.29, 1.82) is 0 Å². The van der Waals surface area contributed by atoms with Crippen LogP contribution in [0.1, 0.15) is 20.1 Å². The number of aliphatic hydroxyl groups excluding tert-OH is 1. The second-order valence-electron chi connectivity index (χ2n) is 6.35. The average molecular weight is 538 g/mol. The average Bonchev–Trinajstić information content (AvgIpc) is 2.83. The molecule has 0 aromatic carbocycles. The molecule has 1 aromatic heterocycles. The summed E-state index contributed by atoms with van der Waals surface area (Å²) >= 11 is 0. The number of hydrogen-bond donors (Lipinski definition) is 6. The molecule has 3 unspecified atom stereocenters. The highest BCUT2D eigenvalue weighted by atomic mass is 31.3. The molecule has 0 radical (unpaired) electrons. The quantitative estimate of drug-likeness (QED) is 0.170. The standard InChI is InChI=1S/C12H18FN4O13P3/c1-3-4-12(13)9(18)8(27-10(12)17-11(19)16-7(14)5-15-17)6(2)28-32(23,24)30-33(25,26)29-31(20,21)22/h5-6,8-10,18H,1-2H3,(H,23,24)(H,25,26)(H2,14,16,19)(H2,20,21,22)/t6-,8+,9?,10+,12+/m0/s1. The number of ether oxygens (including phenoxy) is 1. The molecule has 0 spiro atoms. The summed E-state index contributed by atoms with van der Waals surface area (Å²) in [5, 5.41) is 14.0. The highest BCUT2D eigenvalue weighted by Crippen LogP contribution is 2.66. The zero-order valence-corrected chi connectivity index (χ0v) is 19.2. The van der Waals surface area contributed by atoms with Gasteiger partial charge in [-0.3, -0.25) is 4.52 Å². The van der Waals surface area contributed by atoms with Gasteiger partial charge in [0, 0.05) is 0 Å². The lowest BCUT2D eigenvalue weighted by molar-refractivity contribution is -0.0827. The van der Waals surface area contributed by atoms with Crippen molar-refractivity contribution >= 4 is 29.3 Å². The van der Waals surface area contributed by atoms with Crippen LogP contribution in [-0.2, 0) is 31.6 Å². The van der Waals surface area contributed by atoms with E-state index < -0.39 is 59.4 Å². The second kappa shape index (κ2) is 9.59. The first-order valence-electron chi connectivity index (χ1n) is 8.40. The molecule has 186 valence electrons. The summed E-state index contributed by atoms with van der Waals surface area (Å²) in [6.45, 7) is 2.14. The molecule has 1 fully saturated rings. The van der Waals surface area contributed by atoms with Crippen LogP contribution in [0.5, 0.6) is 0 Å². The maximum atomic E-state index is 15.6. The van der Waals surface area contributed by atoms with Crippen molar-refractivity contribution in [1.82, 2.24) is 14.8 Å². The summed E-state index contributed by atoms with van der Waals surface area (Å²) in [5.74, 6) is 3.89. The summed E-state index contributed by atoms with van der Waals surface area (Å²) < 4.78 is 67.0. The normalized spacial score (nSPS) is 30.0. The van der Waals surface area contributed by atoms with Crippen molar-refractivity contribution in [3.63, 3.8) is 0 Å². The Balaban J connectivity index is 2.31. The van der Waals surface area contributed by atoms with Crippen LogP contribution in [0.2, 0.25) is 0 Å². The topological polar surface area (TPSA) is 263 Å². The van der Waals surface area contributed by atoms with Crippen molar-refractivity contribution in [3.05, 3.63) is 16.7 Å². The fourth-order valence-corrected chi connectivity index (χ4v) is 5.93. The number of halogens is 1. The van der Waals surface area contributed by atoms with Crippen LogP contribution < -0.4 is 11.4 Å². The zero-order chi connectivity index (χ0) is 25.4. The van der Waals surface area contributed by atoms with Gasteiger partial charge in [-0.05, 0) is 13.8 Å². The van der Waals surface area contributed by atoms with Gasteiger partial charge in [0.15, 0.2) is 0 Å². The molecular formula is C12H18FN4O13P3. The van der Waals surface area contributed by atoms with Crippen molar-refractivity contribution < 1.29 is 60.6 Å². The Morgan fingerprint density at radius 3 is 2.39 bits per heavy atom. The van der Waals surface area contributed by atoms with E-state index in [0.717, 1.165) is 13.1 Å². The van der Waals surface area contributed by atoms with Gasteiger partial charge in [-0.25, -0.2) is 22.9 Å². The maximum absolute atomic E-state index is 15.6. The molecule has 7 N–H and O–H groups in total. The Kier molecular flexibility index (Phi) is 8.04. The van der Waals surface area contributed by atoms with Gasteiger partial charge in [-0.2, -0.15) is 23.4 Å². The summed E-state index contributed by atoms with van der Waals surface area (Å²) in [6, 6.07) is 0. The molecule has 0 aliphatic carbocycles. The zero-order valence-electron chi connectivity index (χ0n) is 16.5. The third-order valence-electron chi connectivity index (χ3n) is 3.84. The Bertz CT molecular complexity index is 1160. The number of phosphoric acid groups is 3. The first-order chi connectivity index (χ1) is 14.9. The predicted molar refractivity (Wildman–Crippen MR) is 102 cm³/mol. The number of aromatic nitrogens is 3. The van der Waals surface area contributed by atoms with Gasteiger partial charge < -0.3 is 35.2 Å². The van der Waals surface area contributed by atoms with Gasteiger partial charge in [-0.15, -0.1) is 5.92 Å². The van der Waals surface area contributed by atoms with E-state index in [1.54, 1.807) is 0 Å². The van der Waals surface area contributed by atoms with Crippen molar-refractivity contribution in [3.8, 4) is 11.8 Å². The van der Waals surface area contributed by atoms with Crippen molar-refractivity contribution in [2.24, 2.45) is 0 Å². The van der Waals surface area contributed by atoms with E-state index >= 15 is 4.39 Å². The third-order valence-corrected chi connectivity index (χ3v) is 7.77.